The maximum Gasteiger partial charge on any atom is 0.335 e. The summed E-state index contributed by atoms with van der Waals surface area (Å²) in [6.07, 6.45) is 2.59. The zero-order valence-electron chi connectivity index (χ0n) is 16.8. The molecular formula is C23H25ClN2O4. The molecule has 1 amide bonds. The van der Waals surface area contributed by atoms with Gasteiger partial charge in [-0.05, 0) is 62.1 Å². The van der Waals surface area contributed by atoms with Gasteiger partial charge in [-0.15, -0.1) is 0 Å². The highest BCUT2D eigenvalue weighted by Gasteiger charge is 2.56. The normalized spacial score (nSPS) is 21.1. The van der Waals surface area contributed by atoms with E-state index in [0.717, 1.165) is 37.1 Å². The average molecular weight is 429 g/mol. The number of nitrogens with one attached hydrogen (secondary N) is 1. The summed E-state index contributed by atoms with van der Waals surface area (Å²) in [4.78, 5) is 26.3. The van der Waals surface area contributed by atoms with Gasteiger partial charge in [0.15, 0.2) is 0 Å². The van der Waals surface area contributed by atoms with E-state index in [1.165, 1.54) is 0 Å². The number of hydrogen-bond donors (Lipinski definition) is 2. The average Bonchev–Trinajstić information content (AvgIpc) is 3.41. The lowest BCUT2D eigenvalue weighted by atomic mass is 10.1. The third-order valence-electron chi connectivity index (χ3n) is 6.00. The zero-order chi connectivity index (χ0) is 21.3. The highest BCUT2D eigenvalue weighted by molar-refractivity contribution is 6.30. The Labute approximate surface area is 180 Å². The minimum absolute atomic E-state index is 0.0284. The van der Waals surface area contributed by atoms with E-state index in [1.54, 1.807) is 30.3 Å². The van der Waals surface area contributed by atoms with Crippen LogP contribution in [0.25, 0.3) is 0 Å². The van der Waals surface area contributed by atoms with E-state index < -0.39 is 11.5 Å². The van der Waals surface area contributed by atoms with Gasteiger partial charge in [0.05, 0.1) is 11.6 Å². The topological polar surface area (TPSA) is 78.9 Å². The minimum Gasteiger partial charge on any atom is -0.489 e. The van der Waals surface area contributed by atoms with Gasteiger partial charge in [-0.3, -0.25) is 9.69 Å². The Hall–Kier alpha value is -2.57. The Balaban J connectivity index is 1.35. The second-order valence-electron chi connectivity index (χ2n) is 8.09. The van der Waals surface area contributed by atoms with Crippen molar-refractivity contribution in [3.8, 4) is 5.75 Å². The number of rotatable bonds is 7. The first kappa shape index (κ1) is 20.7. The number of ether oxygens (including phenoxy) is 1. The van der Waals surface area contributed by atoms with Crippen molar-refractivity contribution in [2.75, 3.05) is 13.1 Å². The van der Waals surface area contributed by atoms with Gasteiger partial charge in [0.1, 0.15) is 17.4 Å². The summed E-state index contributed by atoms with van der Waals surface area (Å²) in [7, 11) is 0. The summed E-state index contributed by atoms with van der Waals surface area (Å²) >= 11 is 6.03. The molecule has 0 aromatic heterocycles. The third kappa shape index (κ3) is 4.30. The van der Waals surface area contributed by atoms with Crippen LogP contribution in [0.4, 0.5) is 0 Å². The van der Waals surface area contributed by atoms with Crippen LogP contribution in [0.3, 0.4) is 0 Å². The molecule has 1 aliphatic carbocycles. The Bertz CT molecular complexity index is 942. The van der Waals surface area contributed by atoms with Gasteiger partial charge in [-0.25, -0.2) is 4.79 Å². The smallest absolute Gasteiger partial charge is 0.335 e. The number of amides is 1. The number of carbonyl (C=O) groups excluding carboxylic acids is 1. The molecule has 2 aliphatic rings. The van der Waals surface area contributed by atoms with Gasteiger partial charge < -0.3 is 15.2 Å². The second-order valence-corrected chi connectivity index (χ2v) is 8.52. The molecule has 2 fully saturated rings. The monoisotopic (exact) mass is 428 g/mol. The highest BCUT2D eigenvalue weighted by atomic mass is 35.5. The largest absolute Gasteiger partial charge is 0.489 e. The maximum atomic E-state index is 13.1. The first-order chi connectivity index (χ1) is 14.4. The van der Waals surface area contributed by atoms with Crippen molar-refractivity contribution in [2.45, 2.75) is 43.9 Å². The quantitative estimate of drug-likeness (QED) is 0.699. The fourth-order valence-corrected chi connectivity index (χ4v) is 4.26. The molecule has 2 aromatic rings. The van der Waals surface area contributed by atoms with Crippen molar-refractivity contribution in [3.05, 3.63) is 64.7 Å². The van der Waals surface area contributed by atoms with Gasteiger partial charge >= 0.3 is 5.97 Å². The molecule has 0 bridgehead atoms. The van der Waals surface area contributed by atoms with Crippen molar-refractivity contribution in [1.29, 1.82) is 0 Å². The Morgan fingerprint density at radius 3 is 2.60 bits per heavy atom. The van der Waals surface area contributed by atoms with Crippen LogP contribution >= 0.6 is 11.6 Å². The lowest BCUT2D eigenvalue weighted by Gasteiger charge is -2.28. The Kier molecular flexibility index (Phi) is 5.71. The summed E-state index contributed by atoms with van der Waals surface area (Å²) in [6.45, 7) is 3.45. The van der Waals surface area contributed by atoms with Gasteiger partial charge in [-0.2, -0.15) is 0 Å². The molecule has 1 aliphatic heterocycles. The summed E-state index contributed by atoms with van der Waals surface area (Å²) in [5, 5.41) is 12.8. The van der Waals surface area contributed by atoms with Crippen LogP contribution in [0, 0.1) is 0 Å². The SMILES string of the molecule is C[C@H](NC(=O)C1(N2CC[C@@H](Oc3cccc(Cl)c3)C2)CC1)c1ccc(C(=O)O)cc1. The van der Waals surface area contributed by atoms with E-state index >= 15 is 0 Å². The molecule has 0 spiro atoms. The van der Waals surface area contributed by atoms with E-state index in [0.29, 0.717) is 11.6 Å². The summed E-state index contributed by atoms with van der Waals surface area (Å²) in [5.41, 5.74) is 0.660. The number of carbonyl (C=O) groups is 2. The van der Waals surface area contributed by atoms with Crippen molar-refractivity contribution in [2.24, 2.45) is 0 Å². The standard InChI is InChI=1S/C23H25ClN2O4/c1-15(16-5-7-17(8-6-16)21(27)28)25-22(29)23(10-11-23)26-12-9-20(14-26)30-19-4-2-3-18(24)13-19/h2-8,13,15,20H,9-12,14H2,1H3,(H,25,29)(H,27,28)/t15-,20+/m0/s1. The third-order valence-corrected chi connectivity index (χ3v) is 6.24. The molecule has 7 heteroatoms. The van der Waals surface area contributed by atoms with Gasteiger partial charge in [0.25, 0.3) is 0 Å². The molecule has 6 nitrogen and oxygen atoms in total. The predicted molar refractivity (Wildman–Crippen MR) is 114 cm³/mol. The lowest BCUT2D eigenvalue weighted by Crippen LogP contribution is -2.49. The van der Waals surface area contributed by atoms with E-state index in [4.69, 9.17) is 21.4 Å². The van der Waals surface area contributed by atoms with Crippen LogP contribution < -0.4 is 10.1 Å². The number of hydrogen-bond acceptors (Lipinski definition) is 4. The summed E-state index contributed by atoms with van der Waals surface area (Å²) < 4.78 is 6.06. The molecule has 0 radical (unpaired) electrons. The van der Waals surface area contributed by atoms with Crippen LogP contribution in [-0.4, -0.2) is 46.6 Å². The van der Waals surface area contributed by atoms with Gasteiger partial charge in [0.2, 0.25) is 5.91 Å². The van der Waals surface area contributed by atoms with Crippen LogP contribution in [-0.2, 0) is 4.79 Å². The summed E-state index contributed by atoms with van der Waals surface area (Å²) in [5.74, 6) is -0.179. The van der Waals surface area contributed by atoms with E-state index in [-0.39, 0.29) is 23.6 Å². The predicted octanol–water partition coefficient (Wildman–Crippen LogP) is 3.90. The van der Waals surface area contributed by atoms with Crippen LogP contribution in [0.15, 0.2) is 48.5 Å². The number of halogens is 1. The number of carboxylic acid groups (broad SMARTS) is 1. The van der Waals surface area contributed by atoms with E-state index in [1.807, 2.05) is 25.1 Å². The maximum absolute atomic E-state index is 13.1. The molecule has 1 saturated heterocycles. The molecule has 30 heavy (non-hydrogen) atoms. The molecule has 0 unspecified atom stereocenters. The Morgan fingerprint density at radius 2 is 1.97 bits per heavy atom. The number of aromatic carboxylic acids is 1. The van der Waals surface area contributed by atoms with Gasteiger partial charge in [-0.1, -0.05) is 29.8 Å². The van der Waals surface area contributed by atoms with Crippen molar-refractivity contribution in [3.63, 3.8) is 0 Å². The molecule has 2 N–H and O–H groups in total. The highest BCUT2D eigenvalue weighted by Crippen LogP contribution is 2.44. The second kappa shape index (κ2) is 8.28. The number of likely N-dealkylation sites (tertiary alicyclic amines) is 1. The molecule has 1 saturated carbocycles. The van der Waals surface area contributed by atoms with Crippen LogP contribution in [0.2, 0.25) is 5.02 Å². The number of nitrogens with zero attached hydrogens (tertiary/aromatic N) is 1. The van der Waals surface area contributed by atoms with Crippen molar-refractivity contribution < 1.29 is 19.4 Å². The number of carboxylic acids is 1. The molecular weight excluding hydrogens is 404 g/mol. The zero-order valence-corrected chi connectivity index (χ0v) is 17.6. The van der Waals surface area contributed by atoms with Crippen LogP contribution in [0.5, 0.6) is 5.75 Å². The molecule has 2 aromatic carbocycles. The molecule has 158 valence electrons. The molecule has 1 heterocycles. The summed E-state index contributed by atoms with van der Waals surface area (Å²) in [6, 6.07) is 13.8. The molecule has 2 atom stereocenters. The fraction of sp³-hybridized carbons (Fsp3) is 0.391. The lowest BCUT2D eigenvalue weighted by molar-refractivity contribution is -0.128. The first-order valence-electron chi connectivity index (χ1n) is 10.2. The van der Waals surface area contributed by atoms with Gasteiger partial charge in [0, 0.05) is 18.1 Å². The first-order valence-corrected chi connectivity index (χ1v) is 10.6. The Morgan fingerprint density at radius 1 is 1.23 bits per heavy atom. The van der Waals surface area contributed by atoms with Crippen molar-refractivity contribution >= 4 is 23.5 Å². The molecule has 4 rings (SSSR count). The van der Waals surface area contributed by atoms with Crippen LogP contribution in [0.1, 0.15) is 48.1 Å². The number of benzene rings is 2. The fourth-order valence-electron chi connectivity index (χ4n) is 4.08. The minimum atomic E-state index is -0.959. The van der Waals surface area contributed by atoms with E-state index in [9.17, 15) is 9.59 Å². The van der Waals surface area contributed by atoms with Crippen molar-refractivity contribution in [1.82, 2.24) is 10.2 Å². The van der Waals surface area contributed by atoms with E-state index in [2.05, 4.69) is 10.2 Å².